The van der Waals surface area contributed by atoms with E-state index in [1.807, 2.05) is 22.8 Å². The number of benzene rings is 2. The molecule has 0 amide bonds. The van der Waals surface area contributed by atoms with Gasteiger partial charge in [0, 0.05) is 17.4 Å². The van der Waals surface area contributed by atoms with Crippen LogP contribution in [-0.4, -0.2) is 20.3 Å². The van der Waals surface area contributed by atoms with Crippen molar-refractivity contribution in [3.63, 3.8) is 0 Å². The summed E-state index contributed by atoms with van der Waals surface area (Å²) in [6.45, 7) is 2.19. The Hall–Kier alpha value is -2.66. The third-order valence-electron chi connectivity index (χ3n) is 4.47. The van der Waals surface area contributed by atoms with E-state index in [4.69, 9.17) is 0 Å². The fourth-order valence-corrected chi connectivity index (χ4v) is 4.19. The highest BCUT2D eigenvalue weighted by Crippen LogP contribution is 2.36. The average Bonchev–Trinajstić information content (AvgIpc) is 3.10. The molecule has 4 rings (SSSR count). The molecule has 2 heterocycles. The Balaban J connectivity index is 1.92. The van der Waals surface area contributed by atoms with Gasteiger partial charge in [-0.05, 0) is 42.0 Å². The van der Waals surface area contributed by atoms with E-state index >= 15 is 0 Å². The van der Waals surface area contributed by atoms with E-state index in [1.54, 1.807) is 30.2 Å². The van der Waals surface area contributed by atoms with Gasteiger partial charge in [-0.3, -0.25) is 0 Å². The number of nitrogens with zero attached hydrogens (tertiary/aromatic N) is 3. The van der Waals surface area contributed by atoms with Crippen molar-refractivity contribution in [1.29, 1.82) is 0 Å². The summed E-state index contributed by atoms with van der Waals surface area (Å²) in [6, 6.07) is 16.8. The molecular formula is C22H20FN3S. The first-order valence-corrected chi connectivity index (χ1v) is 10.1. The van der Waals surface area contributed by atoms with Crippen LogP contribution < -0.4 is 0 Å². The molecular weight excluding hydrogens is 357 g/mol. The molecule has 0 atom stereocenters. The van der Waals surface area contributed by atoms with Crippen molar-refractivity contribution in [1.82, 2.24) is 14.5 Å². The van der Waals surface area contributed by atoms with Crippen LogP contribution in [0.3, 0.4) is 0 Å². The Morgan fingerprint density at radius 3 is 2.52 bits per heavy atom. The second-order valence-electron chi connectivity index (χ2n) is 6.33. The van der Waals surface area contributed by atoms with E-state index in [1.165, 1.54) is 12.1 Å². The topological polar surface area (TPSA) is 30.7 Å². The first-order valence-electron chi connectivity index (χ1n) is 9.08. The smallest absolute Gasteiger partial charge is 0.149 e. The summed E-state index contributed by atoms with van der Waals surface area (Å²) in [5, 5.41) is 2.04. The summed E-state index contributed by atoms with van der Waals surface area (Å²) < 4.78 is 15.4. The first kappa shape index (κ1) is 17.7. The molecule has 0 aliphatic rings. The Bertz CT molecular complexity index is 1040. The maximum Gasteiger partial charge on any atom is 0.149 e. The molecule has 0 spiro atoms. The second-order valence-corrected chi connectivity index (χ2v) is 7.42. The van der Waals surface area contributed by atoms with Gasteiger partial charge in [-0.2, -0.15) is 0 Å². The van der Waals surface area contributed by atoms with E-state index in [0.29, 0.717) is 0 Å². The van der Waals surface area contributed by atoms with Crippen LogP contribution in [0.2, 0.25) is 0 Å². The summed E-state index contributed by atoms with van der Waals surface area (Å²) in [4.78, 5) is 9.12. The van der Waals surface area contributed by atoms with Gasteiger partial charge in [0.1, 0.15) is 22.8 Å². The van der Waals surface area contributed by atoms with E-state index in [0.717, 1.165) is 51.5 Å². The summed E-state index contributed by atoms with van der Waals surface area (Å²) in [7, 11) is 0. The molecule has 27 heavy (non-hydrogen) atoms. The predicted octanol–water partition coefficient (Wildman–Crippen LogP) is 6.12. The summed E-state index contributed by atoms with van der Waals surface area (Å²) >= 11 is 1.77. The van der Waals surface area contributed by atoms with E-state index in [2.05, 4.69) is 35.2 Å². The maximum atomic E-state index is 13.4. The van der Waals surface area contributed by atoms with Gasteiger partial charge < -0.3 is 4.57 Å². The second kappa shape index (κ2) is 7.92. The number of hydrogen-bond donors (Lipinski definition) is 0. The third-order valence-corrected chi connectivity index (χ3v) is 5.55. The molecule has 0 N–H and O–H groups in total. The first-order chi connectivity index (χ1) is 13.3. The number of fused-ring (bicyclic) bond motifs is 1. The highest BCUT2D eigenvalue weighted by molar-refractivity contribution is 7.99. The number of aromatic nitrogens is 3. The van der Waals surface area contributed by atoms with Crippen molar-refractivity contribution in [2.45, 2.75) is 24.8 Å². The number of hydrogen-bond acceptors (Lipinski definition) is 3. The number of thioether (sulfide) groups is 1. The Morgan fingerprint density at radius 2 is 1.78 bits per heavy atom. The molecule has 4 aromatic rings. The summed E-state index contributed by atoms with van der Waals surface area (Å²) in [5.41, 5.74) is 3.94. The highest BCUT2D eigenvalue weighted by Gasteiger charge is 2.17. The quantitative estimate of drug-likeness (QED) is 0.230. The Kier molecular flexibility index (Phi) is 5.21. The molecule has 2 aromatic heterocycles. The zero-order chi connectivity index (χ0) is 18.6. The summed E-state index contributed by atoms with van der Waals surface area (Å²) in [6.07, 6.45) is 6.00. The fraction of sp³-hybridized carbons (Fsp3) is 0.182. The number of rotatable bonds is 6. The zero-order valence-corrected chi connectivity index (χ0v) is 15.9. The van der Waals surface area contributed by atoms with Crippen molar-refractivity contribution >= 4 is 22.8 Å². The average molecular weight is 377 g/mol. The highest BCUT2D eigenvalue weighted by atomic mass is 32.2. The lowest BCUT2D eigenvalue weighted by Gasteiger charge is -2.06. The molecule has 0 aliphatic heterocycles. The zero-order valence-electron chi connectivity index (χ0n) is 15.1. The molecule has 0 saturated heterocycles. The standard InChI is InChI=1S/C22H20FN3S/c1-2-3-13-27-22-20-19(16-7-5-4-6-8-16)14-26(21(20)24-15-25-22)18-11-9-17(23)10-12-18/h4-12,14-15H,2-3,13H2,1H3. The van der Waals surface area contributed by atoms with Crippen LogP contribution in [0.25, 0.3) is 27.8 Å². The van der Waals surface area contributed by atoms with Crippen LogP contribution >= 0.6 is 11.8 Å². The molecule has 2 aromatic carbocycles. The fourth-order valence-electron chi connectivity index (χ4n) is 3.09. The number of halogens is 1. The van der Waals surface area contributed by atoms with Gasteiger partial charge in [0.15, 0.2) is 0 Å². The molecule has 136 valence electrons. The van der Waals surface area contributed by atoms with Crippen LogP contribution in [0, 0.1) is 5.82 Å². The minimum Gasteiger partial charge on any atom is -0.301 e. The number of unbranched alkanes of at least 4 members (excludes halogenated alkanes) is 1. The van der Waals surface area contributed by atoms with Crippen LogP contribution in [0.5, 0.6) is 0 Å². The molecule has 0 bridgehead atoms. The Morgan fingerprint density at radius 1 is 1.00 bits per heavy atom. The molecule has 3 nitrogen and oxygen atoms in total. The molecule has 0 aliphatic carbocycles. The SMILES string of the molecule is CCCCSc1ncnc2c1c(-c1ccccc1)cn2-c1ccc(F)cc1. The Labute approximate surface area is 162 Å². The maximum absolute atomic E-state index is 13.4. The molecule has 0 saturated carbocycles. The van der Waals surface area contributed by atoms with Gasteiger partial charge in [0.2, 0.25) is 0 Å². The lowest BCUT2D eigenvalue weighted by molar-refractivity contribution is 0.627. The van der Waals surface area contributed by atoms with E-state index in [-0.39, 0.29) is 5.82 Å². The van der Waals surface area contributed by atoms with E-state index < -0.39 is 0 Å². The lowest BCUT2D eigenvalue weighted by atomic mass is 10.1. The van der Waals surface area contributed by atoms with Gasteiger partial charge in [0.25, 0.3) is 0 Å². The molecule has 0 radical (unpaired) electrons. The summed E-state index contributed by atoms with van der Waals surface area (Å²) in [5.74, 6) is 0.780. The largest absolute Gasteiger partial charge is 0.301 e. The van der Waals surface area contributed by atoms with Gasteiger partial charge in [0.05, 0.1) is 5.39 Å². The lowest BCUT2D eigenvalue weighted by Crippen LogP contribution is -1.95. The van der Waals surface area contributed by atoms with Gasteiger partial charge in [-0.1, -0.05) is 43.7 Å². The van der Waals surface area contributed by atoms with Crippen LogP contribution in [0.1, 0.15) is 19.8 Å². The third kappa shape index (κ3) is 3.60. The van der Waals surface area contributed by atoms with Gasteiger partial charge >= 0.3 is 0 Å². The molecule has 5 heteroatoms. The minimum absolute atomic E-state index is 0.246. The van der Waals surface area contributed by atoms with E-state index in [9.17, 15) is 4.39 Å². The molecule has 0 fully saturated rings. The monoisotopic (exact) mass is 377 g/mol. The van der Waals surface area contributed by atoms with Gasteiger partial charge in [-0.25, -0.2) is 14.4 Å². The minimum atomic E-state index is -0.246. The van der Waals surface area contributed by atoms with Crippen LogP contribution in [-0.2, 0) is 0 Å². The van der Waals surface area contributed by atoms with Crippen molar-refractivity contribution < 1.29 is 4.39 Å². The van der Waals surface area contributed by atoms with Crippen molar-refractivity contribution in [2.24, 2.45) is 0 Å². The van der Waals surface area contributed by atoms with Crippen molar-refractivity contribution in [3.8, 4) is 16.8 Å². The van der Waals surface area contributed by atoms with Crippen molar-refractivity contribution in [3.05, 3.63) is 72.9 Å². The predicted molar refractivity (Wildman–Crippen MR) is 110 cm³/mol. The van der Waals surface area contributed by atoms with Crippen molar-refractivity contribution in [2.75, 3.05) is 5.75 Å². The van der Waals surface area contributed by atoms with Crippen LogP contribution in [0.15, 0.2) is 72.1 Å². The van der Waals surface area contributed by atoms with Crippen LogP contribution in [0.4, 0.5) is 4.39 Å². The van der Waals surface area contributed by atoms with Gasteiger partial charge in [-0.15, -0.1) is 11.8 Å². The normalized spacial score (nSPS) is 11.2. The molecule has 0 unspecified atom stereocenters.